The lowest BCUT2D eigenvalue weighted by Crippen LogP contribution is -2.05. The maximum absolute atomic E-state index is 12.3. The predicted octanol–water partition coefficient (Wildman–Crippen LogP) is 4.32. The summed E-state index contributed by atoms with van der Waals surface area (Å²) in [7, 11) is 1.28. The fourth-order valence-corrected chi connectivity index (χ4v) is 2.83. The van der Waals surface area contributed by atoms with Gasteiger partial charge in [-0.15, -0.1) is 0 Å². The Kier molecular flexibility index (Phi) is 6.32. The summed E-state index contributed by atoms with van der Waals surface area (Å²) in [5, 5.41) is 0. The first-order valence-electron chi connectivity index (χ1n) is 9.11. The van der Waals surface area contributed by atoms with Crippen LogP contribution in [0.3, 0.4) is 0 Å². The van der Waals surface area contributed by atoms with Crippen LogP contribution in [-0.4, -0.2) is 25.0 Å². The molecule has 2 aromatic carbocycles. The molecule has 0 aliphatic rings. The van der Waals surface area contributed by atoms with Crippen molar-refractivity contribution < 1.29 is 33.0 Å². The number of methoxy groups -OCH3 is 1. The molecule has 0 saturated heterocycles. The third-order valence-electron chi connectivity index (χ3n) is 4.29. The van der Waals surface area contributed by atoms with Crippen molar-refractivity contribution in [1.29, 1.82) is 0 Å². The van der Waals surface area contributed by atoms with E-state index < -0.39 is 11.9 Å². The SMILES string of the molecule is COC(=O)c1cc(COC(=O)c2ccc(-c3ccc(OC(C)=O)cc3)cc2)oc1C. The Morgan fingerprint density at radius 2 is 1.50 bits per heavy atom. The van der Waals surface area contributed by atoms with Crippen molar-refractivity contribution in [3.63, 3.8) is 0 Å². The van der Waals surface area contributed by atoms with E-state index in [1.165, 1.54) is 20.1 Å². The summed E-state index contributed by atoms with van der Waals surface area (Å²) in [6, 6.07) is 15.5. The predicted molar refractivity (Wildman–Crippen MR) is 107 cm³/mol. The van der Waals surface area contributed by atoms with Crippen LogP contribution in [0.25, 0.3) is 11.1 Å². The maximum atomic E-state index is 12.3. The van der Waals surface area contributed by atoms with Gasteiger partial charge in [0.15, 0.2) is 0 Å². The molecule has 7 heteroatoms. The number of carbonyl (C=O) groups excluding carboxylic acids is 3. The normalized spacial score (nSPS) is 10.4. The Bertz CT molecular complexity index is 1060. The molecule has 0 amide bonds. The van der Waals surface area contributed by atoms with Crippen LogP contribution < -0.4 is 4.74 Å². The van der Waals surface area contributed by atoms with E-state index in [1.54, 1.807) is 43.3 Å². The molecule has 0 aliphatic carbocycles. The first kappa shape index (κ1) is 20.9. The number of rotatable bonds is 6. The van der Waals surface area contributed by atoms with Crippen molar-refractivity contribution in [2.45, 2.75) is 20.5 Å². The van der Waals surface area contributed by atoms with Crippen LogP contribution in [-0.2, 0) is 20.9 Å². The van der Waals surface area contributed by atoms with Crippen LogP contribution in [0.15, 0.2) is 59.0 Å². The minimum Gasteiger partial charge on any atom is -0.465 e. The van der Waals surface area contributed by atoms with Crippen molar-refractivity contribution in [1.82, 2.24) is 0 Å². The summed E-state index contributed by atoms with van der Waals surface area (Å²) in [6.45, 7) is 2.88. The minimum atomic E-state index is -0.513. The minimum absolute atomic E-state index is 0.101. The van der Waals surface area contributed by atoms with E-state index in [9.17, 15) is 14.4 Å². The summed E-state index contributed by atoms with van der Waals surface area (Å²) in [5.41, 5.74) is 2.48. The second-order valence-corrected chi connectivity index (χ2v) is 6.45. The van der Waals surface area contributed by atoms with Gasteiger partial charge < -0.3 is 18.6 Å². The lowest BCUT2D eigenvalue weighted by molar-refractivity contribution is -0.131. The molecular weight excluding hydrogens is 388 g/mol. The van der Waals surface area contributed by atoms with Gasteiger partial charge in [0.2, 0.25) is 0 Å². The Balaban J connectivity index is 1.62. The maximum Gasteiger partial charge on any atom is 0.341 e. The number of hydrogen-bond donors (Lipinski definition) is 0. The smallest absolute Gasteiger partial charge is 0.341 e. The van der Waals surface area contributed by atoms with Gasteiger partial charge in [-0.25, -0.2) is 9.59 Å². The van der Waals surface area contributed by atoms with Crippen molar-refractivity contribution in [2.24, 2.45) is 0 Å². The van der Waals surface area contributed by atoms with Gasteiger partial charge in [-0.2, -0.15) is 0 Å². The largest absolute Gasteiger partial charge is 0.465 e. The molecule has 0 bridgehead atoms. The van der Waals surface area contributed by atoms with Crippen molar-refractivity contribution in [2.75, 3.05) is 7.11 Å². The summed E-state index contributed by atoms with van der Waals surface area (Å²) in [4.78, 5) is 34.9. The number of esters is 3. The van der Waals surface area contributed by atoms with Gasteiger partial charge >= 0.3 is 17.9 Å². The summed E-state index contributed by atoms with van der Waals surface area (Å²) < 4.78 is 20.4. The van der Waals surface area contributed by atoms with Crippen LogP contribution in [0.5, 0.6) is 5.75 Å². The zero-order valence-corrected chi connectivity index (χ0v) is 16.8. The molecule has 0 atom stereocenters. The molecule has 3 aromatic rings. The van der Waals surface area contributed by atoms with Crippen LogP contribution >= 0.6 is 0 Å². The standard InChI is InChI=1S/C23H20O7/c1-14-21(23(26)27-3)12-20(29-14)13-28-22(25)18-6-4-16(5-7-18)17-8-10-19(11-9-17)30-15(2)24/h4-12H,13H2,1-3H3. The monoisotopic (exact) mass is 408 g/mol. The summed E-state index contributed by atoms with van der Waals surface area (Å²) >= 11 is 0. The van der Waals surface area contributed by atoms with Gasteiger partial charge in [0.05, 0.1) is 12.7 Å². The van der Waals surface area contributed by atoms with E-state index in [-0.39, 0.29) is 12.6 Å². The molecule has 0 fully saturated rings. The Hall–Kier alpha value is -3.87. The third-order valence-corrected chi connectivity index (χ3v) is 4.29. The number of carbonyl (C=O) groups is 3. The first-order valence-corrected chi connectivity index (χ1v) is 9.11. The average Bonchev–Trinajstić information content (AvgIpc) is 3.12. The van der Waals surface area contributed by atoms with Crippen molar-refractivity contribution in [3.8, 4) is 16.9 Å². The number of furan rings is 1. The molecule has 30 heavy (non-hydrogen) atoms. The molecule has 0 aliphatic heterocycles. The molecule has 0 spiro atoms. The molecule has 0 unspecified atom stereocenters. The molecule has 0 radical (unpaired) electrons. The molecule has 7 nitrogen and oxygen atoms in total. The highest BCUT2D eigenvalue weighted by molar-refractivity contribution is 5.91. The summed E-state index contributed by atoms with van der Waals surface area (Å²) in [5.74, 6) is -0.180. The number of hydrogen-bond acceptors (Lipinski definition) is 7. The molecule has 154 valence electrons. The highest BCUT2D eigenvalue weighted by atomic mass is 16.5. The zero-order valence-electron chi connectivity index (χ0n) is 16.8. The number of benzene rings is 2. The van der Waals surface area contributed by atoms with E-state index >= 15 is 0 Å². The van der Waals surface area contributed by atoms with E-state index in [1.807, 2.05) is 12.1 Å². The zero-order chi connectivity index (χ0) is 21.7. The molecule has 0 saturated carbocycles. The lowest BCUT2D eigenvalue weighted by atomic mass is 10.0. The van der Waals surface area contributed by atoms with Gasteiger partial charge in [0.25, 0.3) is 0 Å². The topological polar surface area (TPSA) is 92.0 Å². The Labute approximate surface area is 173 Å². The van der Waals surface area contributed by atoms with E-state index in [2.05, 4.69) is 4.74 Å². The van der Waals surface area contributed by atoms with E-state index in [0.717, 1.165) is 11.1 Å². The number of ether oxygens (including phenoxy) is 3. The quantitative estimate of drug-likeness (QED) is 0.443. The second-order valence-electron chi connectivity index (χ2n) is 6.45. The second kappa shape index (κ2) is 9.09. The van der Waals surface area contributed by atoms with Crippen LogP contribution in [0.1, 0.15) is 39.2 Å². The van der Waals surface area contributed by atoms with Gasteiger partial charge in [-0.3, -0.25) is 4.79 Å². The Morgan fingerprint density at radius 1 is 0.900 bits per heavy atom. The molecular formula is C23H20O7. The summed E-state index contributed by atoms with van der Waals surface area (Å²) in [6.07, 6.45) is 0. The fraction of sp³-hybridized carbons (Fsp3) is 0.174. The molecule has 1 aromatic heterocycles. The van der Waals surface area contributed by atoms with Gasteiger partial charge in [0.1, 0.15) is 29.4 Å². The first-order chi connectivity index (χ1) is 14.4. The van der Waals surface area contributed by atoms with Gasteiger partial charge in [0, 0.05) is 6.92 Å². The highest BCUT2D eigenvalue weighted by Gasteiger charge is 2.16. The highest BCUT2D eigenvalue weighted by Crippen LogP contribution is 2.23. The van der Waals surface area contributed by atoms with Crippen LogP contribution in [0.4, 0.5) is 0 Å². The number of aryl methyl sites for hydroxylation is 1. The third kappa shape index (κ3) is 4.94. The molecule has 0 N–H and O–H groups in total. The molecule has 1 heterocycles. The van der Waals surface area contributed by atoms with Crippen molar-refractivity contribution in [3.05, 3.63) is 77.2 Å². The van der Waals surface area contributed by atoms with E-state index in [4.69, 9.17) is 13.9 Å². The van der Waals surface area contributed by atoms with Gasteiger partial charge in [-0.1, -0.05) is 24.3 Å². The lowest BCUT2D eigenvalue weighted by Gasteiger charge is -2.06. The van der Waals surface area contributed by atoms with Crippen LogP contribution in [0, 0.1) is 6.92 Å². The van der Waals surface area contributed by atoms with Crippen LogP contribution in [0.2, 0.25) is 0 Å². The fourth-order valence-electron chi connectivity index (χ4n) is 2.83. The Morgan fingerprint density at radius 3 is 2.07 bits per heavy atom. The molecule has 3 rings (SSSR count). The van der Waals surface area contributed by atoms with E-state index in [0.29, 0.717) is 28.4 Å². The average molecular weight is 408 g/mol. The van der Waals surface area contributed by atoms with Gasteiger partial charge in [-0.05, 0) is 48.4 Å². The van der Waals surface area contributed by atoms with Crippen molar-refractivity contribution >= 4 is 17.9 Å².